The van der Waals surface area contributed by atoms with Gasteiger partial charge in [0.1, 0.15) is 0 Å². The second-order valence-corrected chi connectivity index (χ2v) is 11.9. The van der Waals surface area contributed by atoms with Crippen molar-refractivity contribution in [3.63, 3.8) is 0 Å². The number of hydrogen-bond donors (Lipinski definition) is 0. The lowest BCUT2D eigenvalue weighted by Gasteiger charge is -2.13. The Balaban J connectivity index is 1.39. The van der Waals surface area contributed by atoms with Crippen LogP contribution in [0.25, 0.3) is 75.2 Å². The van der Waals surface area contributed by atoms with E-state index in [0.717, 1.165) is 38.7 Å². The normalized spacial score (nSPS) is 11.7. The van der Waals surface area contributed by atoms with Crippen molar-refractivity contribution in [1.82, 2.24) is 9.13 Å². The Morgan fingerprint density at radius 1 is 0.465 bits per heavy atom. The van der Waals surface area contributed by atoms with E-state index in [-0.39, 0.29) is 0 Å². The van der Waals surface area contributed by atoms with Crippen LogP contribution >= 0.6 is 11.3 Å². The third-order valence-corrected chi connectivity index (χ3v) is 9.68. The highest BCUT2D eigenvalue weighted by atomic mass is 32.1. The van der Waals surface area contributed by atoms with Gasteiger partial charge in [-0.3, -0.25) is 0 Å². The minimum absolute atomic E-state index is 0.597. The molecule has 0 aliphatic carbocycles. The van der Waals surface area contributed by atoms with Crippen molar-refractivity contribution >= 4 is 75.1 Å². The maximum Gasteiger partial charge on any atom is 0.0991 e. The third kappa shape index (κ3) is 3.29. The predicted molar refractivity (Wildman–Crippen MR) is 177 cm³/mol. The van der Waals surface area contributed by atoms with Crippen LogP contribution in [-0.2, 0) is 0 Å². The lowest BCUT2D eigenvalue weighted by molar-refractivity contribution is 1.14. The van der Waals surface area contributed by atoms with Gasteiger partial charge in [0.2, 0.25) is 0 Å². The molecule has 0 bridgehead atoms. The number of para-hydroxylation sites is 1. The largest absolute Gasteiger partial charge is 0.309 e. The van der Waals surface area contributed by atoms with Crippen LogP contribution in [0.1, 0.15) is 11.1 Å². The van der Waals surface area contributed by atoms with Crippen LogP contribution in [0.4, 0.5) is 0 Å². The smallest absolute Gasteiger partial charge is 0.0991 e. The van der Waals surface area contributed by atoms with Crippen molar-refractivity contribution in [2.45, 2.75) is 0 Å². The van der Waals surface area contributed by atoms with E-state index in [2.05, 4.69) is 106 Å². The molecule has 43 heavy (non-hydrogen) atoms. The summed E-state index contributed by atoms with van der Waals surface area (Å²) in [5.41, 5.74) is 7.65. The highest BCUT2D eigenvalue weighted by Crippen LogP contribution is 2.43. The summed E-state index contributed by atoms with van der Waals surface area (Å²) >= 11 is 1.84. The van der Waals surface area contributed by atoms with Gasteiger partial charge in [-0.1, -0.05) is 48.5 Å². The topological polar surface area (TPSA) is 57.4 Å². The number of thiophene rings is 1. The van der Waals surface area contributed by atoms with E-state index in [1.807, 2.05) is 47.7 Å². The van der Waals surface area contributed by atoms with Gasteiger partial charge in [-0.05, 0) is 72.8 Å². The number of nitriles is 2. The van der Waals surface area contributed by atoms with Crippen LogP contribution in [0.3, 0.4) is 0 Å². The lowest BCUT2D eigenvalue weighted by Crippen LogP contribution is -1.98. The van der Waals surface area contributed by atoms with E-state index in [0.29, 0.717) is 11.1 Å². The zero-order valence-electron chi connectivity index (χ0n) is 22.7. The molecule has 0 saturated carbocycles. The van der Waals surface area contributed by atoms with Crippen LogP contribution in [0.2, 0.25) is 0 Å². The van der Waals surface area contributed by atoms with Gasteiger partial charge in [0.05, 0.1) is 45.3 Å². The van der Waals surface area contributed by atoms with Crippen LogP contribution in [0.5, 0.6) is 0 Å². The van der Waals surface area contributed by atoms with Crippen LogP contribution in [0, 0.1) is 22.7 Å². The zero-order valence-corrected chi connectivity index (χ0v) is 23.6. The van der Waals surface area contributed by atoms with Gasteiger partial charge in [-0.15, -0.1) is 11.3 Å². The second-order valence-electron chi connectivity index (χ2n) is 10.8. The molecule has 0 unspecified atom stereocenters. The van der Waals surface area contributed by atoms with Crippen molar-refractivity contribution in [2.24, 2.45) is 0 Å². The number of rotatable bonds is 2. The fraction of sp³-hybridized carbons (Fsp3) is 0. The van der Waals surface area contributed by atoms with Crippen molar-refractivity contribution in [3.8, 4) is 23.5 Å². The molecular weight excluding hydrogens is 545 g/mol. The van der Waals surface area contributed by atoms with Gasteiger partial charge >= 0.3 is 0 Å². The quantitative estimate of drug-likeness (QED) is 0.210. The summed E-state index contributed by atoms with van der Waals surface area (Å²) in [7, 11) is 0. The van der Waals surface area contributed by atoms with Gasteiger partial charge in [0, 0.05) is 53.1 Å². The van der Waals surface area contributed by atoms with Gasteiger partial charge in [-0.25, -0.2) is 0 Å². The monoisotopic (exact) mass is 564 g/mol. The highest BCUT2D eigenvalue weighted by Gasteiger charge is 2.19. The molecule has 0 saturated heterocycles. The summed E-state index contributed by atoms with van der Waals surface area (Å²) in [4.78, 5) is 0. The molecule has 0 N–H and O–H groups in total. The summed E-state index contributed by atoms with van der Waals surface area (Å²) < 4.78 is 7.21. The first-order valence-electron chi connectivity index (χ1n) is 14.1. The molecule has 0 amide bonds. The number of benzene rings is 6. The maximum absolute atomic E-state index is 9.62. The van der Waals surface area contributed by atoms with Gasteiger partial charge in [0.15, 0.2) is 0 Å². The van der Waals surface area contributed by atoms with Crippen LogP contribution in [0.15, 0.2) is 121 Å². The van der Waals surface area contributed by atoms with Crippen molar-refractivity contribution < 1.29 is 0 Å². The third-order valence-electron chi connectivity index (χ3n) is 8.54. The van der Waals surface area contributed by atoms with Crippen LogP contribution in [-0.4, -0.2) is 9.13 Å². The summed E-state index contributed by atoms with van der Waals surface area (Å²) in [5, 5.41) is 26.2. The van der Waals surface area contributed by atoms with Crippen molar-refractivity contribution in [1.29, 1.82) is 10.5 Å². The van der Waals surface area contributed by atoms with Gasteiger partial charge in [-0.2, -0.15) is 10.5 Å². The Hall–Kier alpha value is -5.88. The molecule has 0 aliphatic rings. The van der Waals surface area contributed by atoms with Gasteiger partial charge < -0.3 is 9.13 Å². The second kappa shape index (κ2) is 8.81. The summed E-state index contributed by atoms with van der Waals surface area (Å²) in [6.45, 7) is 0. The molecule has 0 spiro atoms. The SMILES string of the molecule is N#Cc1ccc2c(c1)c1cc(C#N)ccc1n2-c1cccc(-n2c3ccccc3c3ccc4sc5ccccc5c4c32)c1. The average Bonchev–Trinajstić information content (AvgIpc) is 3.71. The number of fused-ring (bicyclic) bond motifs is 10. The lowest BCUT2D eigenvalue weighted by atomic mass is 10.1. The summed E-state index contributed by atoms with van der Waals surface area (Å²) in [6, 6.07) is 46.6. The first-order valence-corrected chi connectivity index (χ1v) is 14.9. The molecule has 9 aromatic rings. The van der Waals surface area contributed by atoms with Gasteiger partial charge in [0.25, 0.3) is 0 Å². The molecule has 5 heteroatoms. The molecule has 3 heterocycles. The Bertz CT molecular complexity index is 2630. The van der Waals surface area contributed by atoms with Crippen molar-refractivity contribution in [3.05, 3.63) is 132 Å². The first-order chi connectivity index (χ1) is 21.2. The Morgan fingerprint density at radius 3 is 1.81 bits per heavy atom. The standard InChI is InChI=1S/C38H20N4S/c39-21-23-12-15-33-30(18-23)31-19-24(22-40)13-16-34(31)41(33)25-6-5-7-26(20-25)42-32-10-3-1-8-27(32)28-14-17-36-37(38(28)42)29-9-2-4-11-35(29)43-36/h1-20H. The maximum atomic E-state index is 9.62. The van der Waals surface area contributed by atoms with E-state index < -0.39 is 0 Å². The molecule has 9 rings (SSSR count). The molecular formula is C38H20N4S. The van der Waals surface area contributed by atoms with E-state index >= 15 is 0 Å². The number of aromatic nitrogens is 2. The van der Waals surface area contributed by atoms with E-state index in [1.54, 1.807) is 0 Å². The minimum Gasteiger partial charge on any atom is -0.309 e. The van der Waals surface area contributed by atoms with E-state index in [4.69, 9.17) is 0 Å². The summed E-state index contributed by atoms with van der Waals surface area (Å²) in [6.07, 6.45) is 0. The molecule has 0 fully saturated rings. The first kappa shape index (κ1) is 23.8. The predicted octanol–water partition coefficient (Wildman–Crippen LogP) is 9.99. The number of hydrogen-bond acceptors (Lipinski definition) is 3. The Morgan fingerprint density at radius 2 is 1.09 bits per heavy atom. The fourth-order valence-corrected chi connectivity index (χ4v) is 7.85. The van der Waals surface area contributed by atoms with Crippen LogP contribution < -0.4 is 0 Å². The molecule has 0 atom stereocenters. The highest BCUT2D eigenvalue weighted by molar-refractivity contribution is 7.26. The minimum atomic E-state index is 0.597. The average molecular weight is 565 g/mol. The van der Waals surface area contributed by atoms with E-state index in [1.165, 1.54) is 36.5 Å². The molecule has 0 radical (unpaired) electrons. The molecule has 4 nitrogen and oxygen atoms in total. The van der Waals surface area contributed by atoms with Crippen molar-refractivity contribution in [2.75, 3.05) is 0 Å². The molecule has 0 aliphatic heterocycles. The Kier molecular flexibility index (Phi) is 4.87. The van der Waals surface area contributed by atoms with E-state index in [9.17, 15) is 10.5 Å². The Labute approximate surface area is 250 Å². The summed E-state index contributed by atoms with van der Waals surface area (Å²) in [5.74, 6) is 0. The molecule has 3 aromatic heterocycles. The molecule has 198 valence electrons. The fourth-order valence-electron chi connectivity index (χ4n) is 6.75. The molecule has 6 aromatic carbocycles. The zero-order chi connectivity index (χ0) is 28.7. The number of nitrogens with zero attached hydrogens (tertiary/aromatic N) is 4.